The van der Waals surface area contributed by atoms with Gasteiger partial charge in [0.1, 0.15) is 67.1 Å². The maximum Gasteiger partial charge on any atom is 0.364 e. The van der Waals surface area contributed by atoms with Gasteiger partial charge in [0, 0.05) is 19.8 Å². The number of unbranched alkanes of at least 4 members (excludes halogenated alkanes) is 54. The van der Waals surface area contributed by atoms with Crippen molar-refractivity contribution in [2.45, 2.75) is 503 Å². The highest BCUT2D eigenvalue weighted by Gasteiger charge is 2.60. The molecule has 3 heterocycles. The normalized spacial score (nSPS) is 25.5. The smallest absolute Gasteiger partial charge is 0.364 e. The number of carboxylic acid groups (broad SMARTS) is 1. The molecular weight excluding hydrogens is 1420 g/mol. The Morgan fingerprint density at radius 2 is 0.838 bits per heavy atom. The first-order chi connectivity index (χ1) is 53.9. The molecule has 654 valence electrons. The van der Waals surface area contributed by atoms with Gasteiger partial charge in [0.15, 0.2) is 12.6 Å². The van der Waals surface area contributed by atoms with Crippen molar-refractivity contribution in [1.82, 2.24) is 10.6 Å². The molecule has 14 N–H and O–H groups in total. The average molecular weight is 1590 g/mol. The van der Waals surface area contributed by atoms with Crippen LogP contribution in [0.5, 0.6) is 0 Å². The number of hydrogen-bond donors (Lipinski definition) is 14. The van der Waals surface area contributed by atoms with Gasteiger partial charge in [-0.05, 0) is 19.3 Å². The third-order valence-electron chi connectivity index (χ3n) is 23.2. The molecule has 0 aliphatic carbocycles. The number of hydrogen-bond acceptors (Lipinski definition) is 20. The monoisotopic (exact) mass is 1590 g/mol. The highest BCUT2D eigenvalue weighted by atomic mass is 16.8. The maximum absolute atomic E-state index is 13.6. The molecule has 0 radical (unpaired) electrons. The quantitative estimate of drug-likeness (QED) is 0.0199. The average Bonchev–Trinajstić information content (AvgIpc) is 0.752. The Morgan fingerprint density at radius 3 is 1.20 bits per heavy atom. The Balaban J connectivity index is 1.43. The van der Waals surface area contributed by atoms with Crippen LogP contribution in [0.15, 0.2) is 12.2 Å². The lowest BCUT2D eigenvalue weighted by Gasteiger charge is -2.50. The molecule has 23 heteroatoms. The molecule has 18 atom stereocenters. The first-order valence-electron chi connectivity index (χ1n) is 45.6. The number of aliphatic hydroxyl groups is 11. The summed E-state index contributed by atoms with van der Waals surface area (Å²) in [6, 6.07) is -2.62. The van der Waals surface area contributed by atoms with Crippen LogP contribution in [-0.2, 0) is 42.8 Å². The first-order valence-corrected chi connectivity index (χ1v) is 45.6. The number of aliphatic hydroxyl groups excluding tert-OH is 11. The molecule has 0 bridgehead atoms. The van der Waals surface area contributed by atoms with Crippen molar-refractivity contribution in [3.8, 4) is 0 Å². The van der Waals surface area contributed by atoms with Gasteiger partial charge in [0.05, 0.1) is 50.7 Å². The zero-order valence-corrected chi connectivity index (χ0v) is 69.9. The second kappa shape index (κ2) is 66.4. The molecule has 0 spiro atoms. The van der Waals surface area contributed by atoms with Gasteiger partial charge in [-0.15, -0.1) is 0 Å². The lowest BCUT2D eigenvalue weighted by molar-refractivity contribution is -0.386. The van der Waals surface area contributed by atoms with Gasteiger partial charge in [0.25, 0.3) is 5.79 Å². The molecule has 18 unspecified atom stereocenters. The van der Waals surface area contributed by atoms with E-state index >= 15 is 0 Å². The summed E-state index contributed by atoms with van der Waals surface area (Å²) >= 11 is 0. The fourth-order valence-corrected chi connectivity index (χ4v) is 16.1. The zero-order valence-electron chi connectivity index (χ0n) is 69.9. The summed E-state index contributed by atoms with van der Waals surface area (Å²) in [5, 5.41) is 137. The number of carboxylic acids is 1. The van der Waals surface area contributed by atoms with E-state index in [9.17, 15) is 75.7 Å². The number of ether oxygens (including phenoxy) is 6. The van der Waals surface area contributed by atoms with Crippen molar-refractivity contribution < 1.29 is 104 Å². The molecule has 3 fully saturated rings. The summed E-state index contributed by atoms with van der Waals surface area (Å²) < 4.78 is 35.0. The fraction of sp³-hybridized carbons (Fsp3) is 0.943. The molecule has 3 saturated heterocycles. The van der Waals surface area contributed by atoms with Crippen molar-refractivity contribution in [3.63, 3.8) is 0 Å². The summed E-state index contributed by atoms with van der Waals surface area (Å²) in [5.41, 5.74) is 0. The van der Waals surface area contributed by atoms with Gasteiger partial charge in [-0.25, -0.2) is 4.79 Å². The standard InChI is InChI=1S/C88H166N2O21/c1-4-6-8-10-12-14-16-18-20-22-24-26-28-29-30-31-32-33-34-35-36-37-38-39-40-42-44-46-48-50-52-54-56-58-60-62-75(98)90-69(70(95)61-59-57-55-53-51-49-47-45-43-41-27-25-23-21-19-17-15-13-11-9-7-5-2)67-106-85-80(102)79(101)82(74(66-93)108-85)109-86-81(103)84(78(100)73(65-92)107-86)111-88(87(104)105)63-71(96)76(89-68(3)94)83(110-88)77(99)72(97)64-91/h59,61,69-74,76-86,91-93,95-97,99-103H,4-58,60,62-67H2,1-3H3,(H,89,94)(H,90,98)(H,104,105)/b61-59+. The molecule has 23 nitrogen and oxygen atoms in total. The highest BCUT2D eigenvalue weighted by molar-refractivity contribution is 5.77. The zero-order chi connectivity index (χ0) is 81.0. The van der Waals surface area contributed by atoms with E-state index < -0.39 is 155 Å². The Kier molecular flexibility index (Phi) is 61.4. The molecule has 0 aromatic rings. The van der Waals surface area contributed by atoms with Crippen LogP contribution >= 0.6 is 0 Å². The van der Waals surface area contributed by atoms with Gasteiger partial charge in [-0.1, -0.05) is 366 Å². The summed E-state index contributed by atoms with van der Waals surface area (Å²) in [5.74, 6) is -6.13. The summed E-state index contributed by atoms with van der Waals surface area (Å²) in [6.45, 7) is 2.22. The van der Waals surface area contributed by atoms with Crippen LogP contribution in [0.2, 0.25) is 0 Å². The van der Waals surface area contributed by atoms with Gasteiger partial charge >= 0.3 is 5.97 Å². The third kappa shape index (κ3) is 45.3. The number of aliphatic carboxylic acids is 1. The van der Waals surface area contributed by atoms with E-state index in [1.54, 1.807) is 6.08 Å². The van der Waals surface area contributed by atoms with E-state index in [-0.39, 0.29) is 12.3 Å². The van der Waals surface area contributed by atoms with E-state index in [2.05, 4.69) is 24.5 Å². The first kappa shape index (κ1) is 103. The molecule has 0 aromatic carbocycles. The van der Waals surface area contributed by atoms with Crippen LogP contribution in [0.4, 0.5) is 0 Å². The second-order valence-electron chi connectivity index (χ2n) is 33.2. The van der Waals surface area contributed by atoms with Crippen LogP contribution in [-0.4, -0.2) is 215 Å². The van der Waals surface area contributed by atoms with Gasteiger partial charge in [0.2, 0.25) is 11.8 Å². The lowest BCUT2D eigenvalue weighted by atomic mass is 9.88. The van der Waals surface area contributed by atoms with Crippen molar-refractivity contribution in [3.05, 3.63) is 12.2 Å². The van der Waals surface area contributed by atoms with Crippen LogP contribution in [0.3, 0.4) is 0 Å². The van der Waals surface area contributed by atoms with E-state index in [0.29, 0.717) is 12.8 Å². The minimum absolute atomic E-state index is 0.206. The highest BCUT2D eigenvalue weighted by Crippen LogP contribution is 2.39. The summed E-state index contributed by atoms with van der Waals surface area (Å²) in [4.78, 5) is 38.8. The number of rotatable bonds is 74. The molecular formula is C88H166N2O21. The van der Waals surface area contributed by atoms with Crippen molar-refractivity contribution in [2.24, 2.45) is 0 Å². The molecule has 111 heavy (non-hydrogen) atoms. The van der Waals surface area contributed by atoms with Gasteiger partial charge < -0.3 is 100 Å². The molecule has 3 aliphatic rings. The Morgan fingerprint density at radius 1 is 0.468 bits per heavy atom. The number of nitrogens with one attached hydrogen (secondary N) is 2. The molecule has 0 saturated carbocycles. The van der Waals surface area contributed by atoms with E-state index in [1.165, 1.54) is 302 Å². The fourth-order valence-electron chi connectivity index (χ4n) is 16.1. The van der Waals surface area contributed by atoms with E-state index in [1.807, 2.05) is 6.08 Å². The van der Waals surface area contributed by atoms with Crippen LogP contribution in [0.1, 0.15) is 393 Å². The van der Waals surface area contributed by atoms with Gasteiger partial charge in [-0.3, -0.25) is 9.59 Å². The predicted octanol–water partition coefficient (Wildman–Crippen LogP) is 14.5. The van der Waals surface area contributed by atoms with Crippen LogP contribution in [0.25, 0.3) is 0 Å². The Labute approximate surface area is 671 Å². The SMILES string of the molecule is CCCCCCCCCCCCCCCCCCCCCC/C=C/C(O)C(COC1OC(CO)C(OC2OC(CO)C(O)C(OC3(C(=O)O)CC(O)C(NC(C)=O)C(C(O)C(O)CO)O3)C2O)C(O)C1O)NC(=O)CCCCCCCCCCCCCCCCCCCCCCCCCCCCCCCCCCCCC. The predicted molar refractivity (Wildman–Crippen MR) is 435 cm³/mol. The molecule has 3 rings (SSSR count). The Bertz CT molecular complexity index is 2240. The van der Waals surface area contributed by atoms with Crippen molar-refractivity contribution in [1.29, 1.82) is 0 Å². The number of allylic oxidation sites excluding steroid dienone is 1. The topological polar surface area (TPSA) is 373 Å². The van der Waals surface area contributed by atoms with Crippen molar-refractivity contribution >= 4 is 17.8 Å². The van der Waals surface area contributed by atoms with Crippen molar-refractivity contribution in [2.75, 3.05) is 26.4 Å². The summed E-state index contributed by atoms with van der Waals surface area (Å²) in [7, 11) is 0. The second-order valence-corrected chi connectivity index (χ2v) is 33.2. The minimum atomic E-state index is -3.08. The number of carbonyl (C=O) groups is 3. The number of amides is 2. The van der Waals surface area contributed by atoms with Gasteiger partial charge in [-0.2, -0.15) is 0 Å². The third-order valence-corrected chi connectivity index (χ3v) is 23.2. The largest absolute Gasteiger partial charge is 0.477 e. The molecule has 0 aromatic heterocycles. The van der Waals surface area contributed by atoms with E-state index in [4.69, 9.17) is 28.4 Å². The van der Waals surface area contributed by atoms with Crippen LogP contribution < -0.4 is 10.6 Å². The summed E-state index contributed by atoms with van der Waals surface area (Å²) in [6.07, 6.45) is 47.0. The Hall–Kier alpha value is -2.53. The van der Waals surface area contributed by atoms with Crippen LogP contribution in [0, 0.1) is 0 Å². The molecule has 3 aliphatic heterocycles. The minimum Gasteiger partial charge on any atom is -0.477 e. The lowest BCUT2D eigenvalue weighted by Crippen LogP contribution is -2.70. The molecule has 2 amide bonds. The number of carbonyl (C=O) groups excluding carboxylic acids is 2. The van der Waals surface area contributed by atoms with E-state index in [0.717, 1.165) is 51.9 Å². The maximum atomic E-state index is 13.6.